The SMILES string of the molecule is Cc1c(C(=O)NCC(C)(C)N2CCOCC2)cnn1-c1ccc(C(F)(F)F)cn1. The Morgan fingerprint density at radius 3 is 2.48 bits per heavy atom. The Labute approximate surface area is 166 Å². The number of nitrogens with one attached hydrogen (secondary N) is 1. The molecule has 3 rings (SSSR count). The number of morpholine rings is 1. The molecule has 0 aromatic carbocycles. The van der Waals surface area contributed by atoms with Gasteiger partial charge in [0, 0.05) is 31.4 Å². The number of aromatic nitrogens is 3. The van der Waals surface area contributed by atoms with E-state index in [0.29, 0.717) is 31.0 Å². The monoisotopic (exact) mass is 411 g/mol. The first-order chi connectivity index (χ1) is 13.6. The second-order valence-electron chi connectivity index (χ2n) is 7.55. The summed E-state index contributed by atoms with van der Waals surface area (Å²) in [4.78, 5) is 18.7. The zero-order chi connectivity index (χ0) is 21.2. The summed E-state index contributed by atoms with van der Waals surface area (Å²) in [6.07, 6.45) is -2.31. The molecular formula is C19H24F3N5O2. The number of pyridine rings is 1. The van der Waals surface area contributed by atoms with Crippen LogP contribution in [-0.2, 0) is 10.9 Å². The van der Waals surface area contributed by atoms with E-state index in [1.807, 2.05) is 0 Å². The van der Waals surface area contributed by atoms with Crippen LogP contribution in [0.5, 0.6) is 0 Å². The maximum Gasteiger partial charge on any atom is 0.417 e. The van der Waals surface area contributed by atoms with Crippen molar-refractivity contribution in [2.75, 3.05) is 32.8 Å². The van der Waals surface area contributed by atoms with E-state index in [9.17, 15) is 18.0 Å². The van der Waals surface area contributed by atoms with Gasteiger partial charge >= 0.3 is 6.18 Å². The zero-order valence-corrected chi connectivity index (χ0v) is 16.6. The fourth-order valence-corrected chi connectivity index (χ4v) is 3.21. The first-order valence-electron chi connectivity index (χ1n) is 9.29. The quantitative estimate of drug-likeness (QED) is 0.818. The standard InChI is InChI=1S/C19H24F3N5O2/c1-13-15(17(28)24-12-18(2,3)26-6-8-29-9-7-26)11-25-27(13)16-5-4-14(10-23-16)19(20,21)22/h4-5,10-11H,6-9,12H2,1-3H3,(H,24,28). The Bertz CT molecular complexity index is 856. The van der Waals surface area contributed by atoms with Gasteiger partial charge in [0.2, 0.25) is 0 Å². The molecule has 1 saturated heterocycles. The van der Waals surface area contributed by atoms with Crippen molar-refractivity contribution >= 4 is 5.91 Å². The Morgan fingerprint density at radius 1 is 1.21 bits per heavy atom. The minimum atomic E-state index is -4.46. The lowest BCUT2D eigenvalue weighted by Gasteiger charge is -2.40. The summed E-state index contributed by atoms with van der Waals surface area (Å²) in [5.74, 6) is -0.0785. The molecule has 0 unspecified atom stereocenters. The molecule has 29 heavy (non-hydrogen) atoms. The summed E-state index contributed by atoms with van der Waals surface area (Å²) in [5, 5.41) is 7.05. The summed E-state index contributed by atoms with van der Waals surface area (Å²) >= 11 is 0. The number of alkyl halides is 3. The Balaban J connectivity index is 1.69. The van der Waals surface area contributed by atoms with Gasteiger partial charge in [0.1, 0.15) is 0 Å². The van der Waals surface area contributed by atoms with Gasteiger partial charge in [-0.15, -0.1) is 0 Å². The van der Waals surface area contributed by atoms with E-state index < -0.39 is 11.7 Å². The molecule has 10 heteroatoms. The summed E-state index contributed by atoms with van der Waals surface area (Å²) < 4.78 is 44.8. The van der Waals surface area contributed by atoms with Gasteiger partial charge in [0.05, 0.1) is 36.2 Å². The number of nitrogens with zero attached hydrogens (tertiary/aromatic N) is 4. The molecule has 3 heterocycles. The van der Waals surface area contributed by atoms with Crippen LogP contribution in [0.1, 0.15) is 35.5 Å². The molecule has 0 aliphatic carbocycles. The van der Waals surface area contributed by atoms with Crippen molar-refractivity contribution in [2.24, 2.45) is 0 Å². The molecule has 1 aliphatic heterocycles. The van der Waals surface area contributed by atoms with Gasteiger partial charge in [0.25, 0.3) is 5.91 Å². The Hall–Kier alpha value is -2.46. The largest absolute Gasteiger partial charge is 0.417 e. The molecule has 1 aliphatic rings. The molecule has 0 radical (unpaired) electrons. The van der Waals surface area contributed by atoms with Gasteiger partial charge < -0.3 is 10.1 Å². The van der Waals surface area contributed by atoms with E-state index in [-0.39, 0.29) is 17.3 Å². The van der Waals surface area contributed by atoms with Crippen LogP contribution in [0.2, 0.25) is 0 Å². The van der Waals surface area contributed by atoms with Crippen LogP contribution < -0.4 is 5.32 Å². The number of hydrogen-bond donors (Lipinski definition) is 1. The van der Waals surface area contributed by atoms with Crippen molar-refractivity contribution in [1.29, 1.82) is 0 Å². The van der Waals surface area contributed by atoms with Crippen molar-refractivity contribution in [3.05, 3.63) is 41.3 Å². The first-order valence-corrected chi connectivity index (χ1v) is 9.29. The molecule has 0 atom stereocenters. The summed E-state index contributed by atoms with van der Waals surface area (Å²) in [5.41, 5.74) is -0.226. The Morgan fingerprint density at radius 2 is 1.90 bits per heavy atom. The lowest BCUT2D eigenvalue weighted by Crippen LogP contribution is -2.55. The number of hydrogen-bond acceptors (Lipinski definition) is 5. The first kappa shape index (κ1) is 21.3. The predicted octanol–water partition coefficient (Wildman–Crippen LogP) is 2.44. The zero-order valence-electron chi connectivity index (χ0n) is 16.6. The van der Waals surface area contributed by atoms with Crippen molar-refractivity contribution in [1.82, 2.24) is 25.0 Å². The van der Waals surface area contributed by atoms with E-state index in [4.69, 9.17) is 4.74 Å². The number of ether oxygens (including phenoxy) is 1. The molecule has 0 spiro atoms. The molecule has 0 bridgehead atoms. The molecular weight excluding hydrogens is 387 g/mol. The highest BCUT2D eigenvalue weighted by Crippen LogP contribution is 2.28. The van der Waals surface area contributed by atoms with Crippen LogP contribution in [-0.4, -0.2) is 64.0 Å². The van der Waals surface area contributed by atoms with Crippen LogP contribution in [0.25, 0.3) is 5.82 Å². The number of rotatable bonds is 5. The fraction of sp³-hybridized carbons (Fsp3) is 0.526. The van der Waals surface area contributed by atoms with Crippen molar-refractivity contribution in [3.8, 4) is 5.82 Å². The second-order valence-corrected chi connectivity index (χ2v) is 7.55. The van der Waals surface area contributed by atoms with Crippen molar-refractivity contribution < 1.29 is 22.7 Å². The van der Waals surface area contributed by atoms with Gasteiger partial charge in [-0.05, 0) is 32.9 Å². The maximum atomic E-state index is 12.7. The predicted molar refractivity (Wildman–Crippen MR) is 99.9 cm³/mol. The lowest BCUT2D eigenvalue weighted by atomic mass is 10.0. The smallest absolute Gasteiger partial charge is 0.379 e. The van der Waals surface area contributed by atoms with Gasteiger partial charge in [-0.1, -0.05) is 0 Å². The highest BCUT2D eigenvalue weighted by atomic mass is 19.4. The third-order valence-electron chi connectivity index (χ3n) is 5.10. The molecule has 7 nitrogen and oxygen atoms in total. The van der Waals surface area contributed by atoms with Gasteiger partial charge in [-0.2, -0.15) is 18.3 Å². The maximum absolute atomic E-state index is 12.7. The van der Waals surface area contributed by atoms with Crippen LogP contribution in [0.4, 0.5) is 13.2 Å². The average Bonchev–Trinajstić information content (AvgIpc) is 3.08. The number of amides is 1. The molecule has 1 amide bonds. The van der Waals surface area contributed by atoms with E-state index in [0.717, 1.165) is 25.4 Å². The highest BCUT2D eigenvalue weighted by molar-refractivity contribution is 5.95. The van der Waals surface area contributed by atoms with Gasteiger partial charge in [-0.25, -0.2) is 9.67 Å². The topological polar surface area (TPSA) is 72.3 Å². The minimum absolute atomic E-state index is 0.211. The third kappa shape index (κ3) is 4.76. The minimum Gasteiger partial charge on any atom is -0.379 e. The molecule has 158 valence electrons. The van der Waals surface area contributed by atoms with Crippen molar-refractivity contribution in [3.63, 3.8) is 0 Å². The number of halogens is 3. The molecule has 1 fully saturated rings. The van der Waals surface area contributed by atoms with E-state index in [2.05, 4.69) is 34.1 Å². The average molecular weight is 411 g/mol. The Kier molecular flexibility index (Phi) is 5.95. The summed E-state index contributed by atoms with van der Waals surface area (Å²) in [6.45, 7) is 9.18. The van der Waals surface area contributed by atoms with Gasteiger partial charge in [-0.3, -0.25) is 9.69 Å². The van der Waals surface area contributed by atoms with Gasteiger partial charge in [0.15, 0.2) is 5.82 Å². The summed E-state index contributed by atoms with van der Waals surface area (Å²) in [7, 11) is 0. The highest BCUT2D eigenvalue weighted by Gasteiger charge is 2.31. The van der Waals surface area contributed by atoms with Crippen LogP contribution in [0.3, 0.4) is 0 Å². The lowest BCUT2D eigenvalue weighted by molar-refractivity contribution is -0.137. The number of carbonyl (C=O) groups excluding carboxylic acids is 1. The van der Waals surface area contributed by atoms with Crippen LogP contribution in [0.15, 0.2) is 24.5 Å². The fourth-order valence-electron chi connectivity index (χ4n) is 3.21. The second kappa shape index (κ2) is 8.11. The van der Waals surface area contributed by atoms with E-state index in [1.165, 1.54) is 16.9 Å². The molecule has 2 aromatic rings. The van der Waals surface area contributed by atoms with Crippen molar-refractivity contribution in [2.45, 2.75) is 32.5 Å². The van der Waals surface area contributed by atoms with Crippen LogP contribution >= 0.6 is 0 Å². The third-order valence-corrected chi connectivity index (χ3v) is 5.10. The molecule has 2 aromatic heterocycles. The van der Waals surface area contributed by atoms with E-state index >= 15 is 0 Å². The normalized spacial score (nSPS) is 16.1. The van der Waals surface area contributed by atoms with Crippen LogP contribution in [0, 0.1) is 6.92 Å². The molecule has 1 N–H and O–H groups in total. The molecule has 0 saturated carbocycles. The number of carbonyl (C=O) groups is 1. The summed E-state index contributed by atoms with van der Waals surface area (Å²) in [6, 6.07) is 2.17. The van der Waals surface area contributed by atoms with E-state index in [1.54, 1.807) is 6.92 Å².